The minimum atomic E-state index is -3.93. The summed E-state index contributed by atoms with van der Waals surface area (Å²) in [7, 11) is -3.93. The maximum absolute atomic E-state index is 14.0. The molecule has 0 aromatic heterocycles. The molecular formula is C12H16ClFN2O2S. The van der Waals surface area contributed by atoms with Gasteiger partial charge in [-0.15, -0.1) is 0 Å². The van der Waals surface area contributed by atoms with Gasteiger partial charge >= 0.3 is 0 Å². The molecule has 0 atom stereocenters. The van der Waals surface area contributed by atoms with E-state index in [1.165, 1.54) is 10.4 Å². The second-order valence-electron chi connectivity index (χ2n) is 5.30. The van der Waals surface area contributed by atoms with E-state index in [9.17, 15) is 12.8 Å². The number of hydrogen-bond donors (Lipinski definition) is 1. The molecule has 106 valence electrons. The molecule has 1 aliphatic rings. The summed E-state index contributed by atoms with van der Waals surface area (Å²) in [4.78, 5) is -0.451. The highest BCUT2D eigenvalue weighted by atomic mass is 35.5. The van der Waals surface area contributed by atoms with E-state index in [-0.39, 0.29) is 10.7 Å². The average molecular weight is 307 g/mol. The number of nitrogens with two attached hydrogens (primary N) is 1. The summed E-state index contributed by atoms with van der Waals surface area (Å²) < 4.78 is 40.4. The third-order valence-corrected chi connectivity index (χ3v) is 5.75. The van der Waals surface area contributed by atoms with Gasteiger partial charge in [-0.25, -0.2) is 12.8 Å². The number of halogens is 2. The molecule has 0 saturated carbocycles. The Morgan fingerprint density at radius 2 is 2.05 bits per heavy atom. The number of rotatable bonds is 2. The van der Waals surface area contributed by atoms with Crippen molar-refractivity contribution in [3.8, 4) is 0 Å². The number of sulfonamides is 1. The van der Waals surface area contributed by atoms with Crippen LogP contribution in [0.5, 0.6) is 0 Å². The highest BCUT2D eigenvalue weighted by molar-refractivity contribution is 7.89. The Hall–Kier alpha value is -0.850. The Kier molecular flexibility index (Phi) is 3.53. The molecule has 1 fully saturated rings. The molecule has 19 heavy (non-hydrogen) atoms. The summed E-state index contributed by atoms with van der Waals surface area (Å²) in [5, 5.41) is 0.106. The van der Waals surface area contributed by atoms with E-state index in [0.29, 0.717) is 6.54 Å². The van der Waals surface area contributed by atoms with E-state index >= 15 is 0 Å². The van der Waals surface area contributed by atoms with Crippen LogP contribution in [0.3, 0.4) is 0 Å². The average Bonchev–Trinajstić information content (AvgIpc) is 2.63. The summed E-state index contributed by atoms with van der Waals surface area (Å²) in [6.07, 6.45) is 1.49. The Morgan fingerprint density at radius 3 is 2.58 bits per heavy atom. The molecule has 0 amide bonds. The molecule has 4 nitrogen and oxygen atoms in total. The van der Waals surface area contributed by atoms with Crippen LogP contribution in [0, 0.1) is 5.82 Å². The Balaban J connectivity index is 2.58. The number of hydrogen-bond acceptors (Lipinski definition) is 3. The lowest BCUT2D eigenvalue weighted by molar-refractivity contribution is 0.290. The molecule has 1 heterocycles. The van der Waals surface area contributed by atoms with Crippen LogP contribution < -0.4 is 5.73 Å². The Labute approximate surface area is 117 Å². The van der Waals surface area contributed by atoms with Crippen molar-refractivity contribution in [3.05, 3.63) is 23.0 Å². The van der Waals surface area contributed by atoms with Gasteiger partial charge in [0.05, 0.1) is 5.69 Å². The van der Waals surface area contributed by atoms with Crippen molar-refractivity contribution < 1.29 is 12.8 Å². The van der Waals surface area contributed by atoms with Crippen LogP contribution in [0.2, 0.25) is 5.02 Å². The summed E-state index contributed by atoms with van der Waals surface area (Å²) in [6.45, 7) is 4.02. The van der Waals surface area contributed by atoms with Gasteiger partial charge in [-0.3, -0.25) is 0 Å². The van der Waals surface area contributed by atoms with Crippen LogP contribution in [0.4, 0.5) is 10.1 Å². The van der Waals surface area contributed by atoms with Gasteiger partial charge in [-0.2, -0.15) is 4.31 Å². The zero-order chi connectivity index (χ0) is 14.4. The molecule has 0 aliphatic carbocycles. The van der Waals surface area contributed by atoms with Crippen LogP contribution in [0.15, 0.2) is 17.0 Å². The second kappa shape index (κ2) is 4.61. The van der Waals surface area contributed by atoms with Gasteiger partial charge in [0.15, 0.2) is 5.82 Å². The molecule has 0 radical (unpaired) electrons. The first-order valence-corrected chi connectivity index (χ1v) is 7.75. The molecule has 1 saturated heterocycles. The van der Waals surface area contributed by atoms with Crippen LogP contribution in [-0.4, -0.2) is 24.8 Å². The summed E-state index contributed by atoms with van der Waals surface area (Å²) in [6, 6.07) is 2.31. The first-order valence-electron chi connectivity index (χ1n) is 5.93. The number of benzene rings is 1. The normalized spacial score (nSPS) is 19.8. The molecule has 7 heteroatoms. The van der Waals surface area contributed by atoms with E-state index in [0.717, 1.165) is 18.9 Å². The summed E-state index contributed by atoms with van der Waals surface area (Å²) in [5.74, 6) is -0.938. The predicted octanol–water partition coefficient (Wildman–Crippen LogP) is 2.62. The van der Waals surface area contributed by atoms with E-state index in [4.69, 9.17) is 17.3 Å². The van der Waals surface area contributed by atoms with E-state index in [1.807, 2.05) is 13.8 Å². The molecule has 0 spiro atoms. The smallest absolute Gasteiger partial charge is 0.246 e. The second-order valence-corrected chi connectivity index (χ2v) is 7.57. The van der Waals surface area contributed by atoms with E-state index < -0.39 is 26.3 Å². The lowest BCUT2D eigenvalue weighted by atomic mass is 10.0. The maximum Gasteiger partial charge on any atom is 0.246 e. The lowest BCUT2D eigenvalue weighted by Crippen LogP contribution is -2.42. The standard InChI is InChI=1S/C12H16ClFN2O2S/c1-12(2)4-3-5-16(12)19(17,18)10-7-8(13)6-9(15)11(10)14/h6-7H,3-5,15H2,1-2H3. The fraction of sp³-hybridized carbons (Fsp3) is 0.500. The van der Waals surface area contributed by atoms with E-state index in [1.54, 1.807) is 0 Å². The van der Waals surface area contributed by atoms with Crippen molar-refractivity contribution in [2.24, 2.45) is 0 Å². The maximum atomic E-state index is 14.0. The summed E-state index contributed by atoms with van der Waals surface area (Å²) >= 11 is 5.78. The van der Waals surface area contributed by atoms with Crippen LogP contribution >= 0.6 is 11.6 Å². The molecular weight excluding hydrogens is 291 g/mol. The van der Waals surface area contributed by atoms with Gasteiger partial charge < -0.3 is 5.73 Å². The number of nitrogen functional groups attached to an aromatic ring is 1. The van der Waals surface area contributed by atoms with Crippen molar-refractivity contribution in [3.63, 3.8) is 0 Å². The van der Waals surface area contributed by atoms with Crippen molar-refractivity contribution in [2.75, 3.05) is 12.3 Å². The Morgan fingerprint density at radius 1 is 1.42 bits per heavy atom. The van der Waals surface area contributed by atoms with Crippen LogP contribution in [-0.2, 0) is 10.0 Å². The summed E-state index contributed by atoms with van der Waals surface area (Å²) in [5.41, 5.74) is 4.66. The van der Waals surface area contributed by atoms with Crippen molar-refractivity contribution >= 4 is 27.3 Å². The van der Waals surface area contributed by atoms with Gasteiger partial charge in [0.1, 0.15) is 4.90 Å². The van der Waals surface area contributed by atoms with Crippen LogP contribution in [0.1, 0.15) is 26.7 Å². The molecule has 0 bridgehead atoms. The molecule has 2 rings (SSSR count). The minimum Gasteiger partial charge on any atom is -0.396 e. The van der Waals surface area contributed by atoms with E-state index in [2.05, 4.69) is 0 Å². The molecule has 0 unspecified atom stereocenters. The molecule has 2 N–H and O–H groups in total. The highest BCUT2D eigenvalue weighted by Gasteiger charge is 2.42. The number of anilines is 1. The fourth-order valence-electron chi connectivity index (χ4n) is 2.42. The van der Waals surface area contributed by atoms with Crippen molar-refractivity contribution in [2.45, 2.75) is 37.1 Å². The fourth-order valence-corrected chi connectivity index (χ4v) is 4.68. The lowest BCUT2D eigenvalue weighted by Gasteiger charge is -2.30. The predicted molar refractivity (Wildman–Crippen MR) is 73.0 cm³/mol. The van der Waals surface area contributed by atoms with Gasteiger partial charge in [0.25, 0.3) is 0 Å². The highest BCUT2D eigenvalue weighted by Crippen LogP contribution is 2.36. The topological polar surface area (TPSA) is 63.4 Å². The zero-order valence-electron chi connectivity index (χ0n) is 10.8. The monoisotopic (exact) mass is 306 g/mol. The van der Waals surface area contributed by atoms with Gasteiger partial charge in [-0.05, 0) is 38.8 Å². The van der Waals surface area contributed by atoms with Gasteiger partial charge in [0, 0.05) is 17.1 Å². The van der Waals surface area contributed by atoms with Crippen LogP contribution in [0.25, 0.3) is 0 Å². The SMILES string of the molecule is CC1(C)CCCN1S(=O)(=O)c1cc(Cl)cc(N)c1F. The van der Waals surface area contributed by atoms with Crippen molar-refractivity contribution in [1.29, 1.82) is 0 Å². The van der Waals surface area contributed by atoms with Gasteiger partial charge in [0.2, 0.25) is 10.0 Å². The minimum absolute atomic E-state index is 0.106. The molecule has 1 aromatic rings. The zero-order valence-corrected chi connectivity index (χ0v) is 12.4. The first kappa shape index (κ1) is 14.6. The first-order chi connectivity index (χ1) is 8.66. The largest absolute Gasteiger partial charge is 0.396 e. The Bertz CT molecular complexity index is 616. The van der Waals surface area contributed by atoms with Gasteiger partial charge in [-0.1, -0.05) is 11.6 Å². The van der Waals surface area contributed by atoms with Crippen molar-refractivity contribution in [1.82, 2.24) is 4.31 Å². The third-order valence-electron chi connectivity index (χ3n) is 3.43. The quantitative estimate of drug-likeness (QED) is 0.854. The molecule has 1 aliphatic heterocycles. The molecule has 1 aromatic carbocycles. The third kappa shape index (κ3) is 2.44. The number of nitrogens with zero attached hydrogens (tertiary/aromatic N) is 1.